The summed E-state index contributed by atoms with van der Waals surface area (Å²) in [6.07, 6.45) is 9.34. The molecule has 1 aliphatic carbocycles. The second kappa shape index (κ2) is 15.2. The van der Waals surface area contributed by atoms with Crippen LogP contribution < -0.4 is 10.1 Å². The maximum atomic E-state index is 13.5. The first-order chi connectivity index (χ1) is 19.9. The van der Waals surface area contributed by atoms with Gasteiger partial charge in [0, 0.05) is 38.3 Å². The Labute approximate surface area is 246 Å². The molecule has 2 amide bonds. The van der Waals surface area contributed by atoms with Crippen LogP contribution in [-0.2, 0) is 0 Å². The van der Waals surface area contributed by atoms with E-state index in [4.69, 9.17) is 4.74 Å². The number of hydrogen-bond acceptors (Lipinski definition) is 4. The molecule has 0 aromatic heterocycles. The van der Waals surface area contributed by atoms with Crippen LogP contribution in [0.3, 0.4) is 0 Å². The lowest BCUT2D eigenvalue weighted by Gasteiger charge is -2.25. The summed E-state index contributed by atoms with van der Waals surface area (Å²) < 4.78 is 5.86. The fraction of sp³-hybridized carbons (Fsp3) is 0.588. The van der Waals surface area contributed by atoms with Crippen LogP contribution in [0, 0.1) is 25.7 Å². The first-order valence-corrected chi connectivity index (χ1v) is 15.7. The van der Waals surface area contributed by atoms with Crippen LogP contribution >= 0.6 is 0 Å². The van der Waals surface area contributed by atoms with Crippen molar-refractivity contribution in [2.75, 3.05) is 39.3 Å². The molecule has 2 aromatic rings. The van der Waals surface area contributed by atoms with E-state index in [0.29, 0.717) is 18.4 Å². The van der Waals surface area contributed by atoms with Crippen molar-refractivity contribution < 1.29 is 19.4 Å². The molecule has 3 aliphatic rings. The van der Waals surface area contributed by atoms with E-state index >= 15 is 0 Å². The van der Waals surface area contributed by atoms with Gasteiger partial charge in [0.25, 0.3) is 5.91 Å². The summed E-state index contributed by atoms with van der Waals surface area (Å²) in [6.45, 7) is 11.1. The van der Waals surface area contributed by atoms with E-state index in [1.807, 2.05) is 61.2 Å². The molecule has 0 bridgehead atoms. The molecule has 3 atom stereocenters. The number of rotatable bonds is 10. The molecule has 2 unspecified atom stereocenters. The molecule has 2 aliphatic heterocycles. The van der Waals surface area contributed by atoms with Crippen molar-refractivity contribution in [1.82, 2.24) is 15.1 Å². The van der Waals surface area contributed by atoms with Crippen molar-refractivity contribution in [1.29, 1.82) is 0 Å². The van der Waals surface area contributed by atoms with Crippen LogP contribution in [0.5, 0.6) is 5.75 Å². The Balaban J connectivity index is 0.000000699. The highest BCUT2D eigenvalue weighted by Crippen LogP contribution is 2.34. The quantitative estimate of drug-likeness (QED) is 0.310. The number of unbranched alkanes of at least 4 members (excludes halogenated alkanes) is 1. The molecule has 2 heterocycles. The number of aryl methyl sites for hydroxylation is 2. The Morgan fingerprint density at radius 1 is 0.951 bits per heavy atom. The summed E-state index contributed by atoms with van der Waals surface area (Å²) in [4.78, 5) is 29.2. The van der Waals surface area contributed by atoms with Gasteiger partial charge >= 0.3 is 6.09 Å². The molecule has 2 N–H and O–H groups in total. The van der Waals surface area contributed by atoms with Crippen molar-refractivity contribution in [2.24, 2.45) is 11.8 Å². The zero-order chi connectivity index (χ0) is 29.2. The molecule has 41 heavy (non-hydrogen) atoms. The lowest BCUT2D eigenvalue weighted by atomic mass is 10.0. The Morgan fingerprint density at radius 3 is 2.07 bits per heavy atom. The fourth-order valence-corrected chi connectivity index (χ4v) is 6.63. The minimum absolute atomic E-state index is 0.126. The Morgan fingerprint density at radius 2 is 1.54 bits per heavy atom. The van der Waals surface area contributed by atoms with Crippen molar-refractivity contribution >= 4 is 12.0 Å². The van der Waals surface area contributed by atoms with Crippen LogP contribution in [-0.4, -0.2) is 66.2 Å². The predicted molar refractivity (Wildman–Crippen MR) is 164 cm³/mol. The third-order valence-corrected chi connectivity index (χ3v) is 8.82. The summed E-state index contributed by atoms with van der Waals surface area (Å²) in [7, 11) is 0. The van der Waals surface area contributed by atoms with E-state index in [2.05, 4.69) is 17.1 Å². The minimum Gasteiger partial charge on any atom is -0.494 e. The van der Waals surface area contributed by atoms with E-state index in [0.717, 1.165) is 80.0 Å². The molecule has 2 aromatic carbocycles. The number of carboxylic acid groups (broad SMARTS) is 1. The molecule has 1 saturated carbocycles. The Hall–Kier alpha value is -3.06. The van der Waals surface area contributed by atoms with Gasteiger partial charge in [-0.1, -0.05) is 75.8 Å². The zero-order valence-electron chi connectivity index (χ0n) is 25.2. The Bertz CT molecular complexity index is 1090. The van der Waals surface area contributed by atoms with E-state index in [-0.39, 0.29) is 11.9 Å². The maximum Gasteiger partial charge on any atom is 0.405 e. The summed E-state index contributed by atoms with van der Waals surface area (Å²) in [5, 5.41) is 11.9. The van der Waals surface area contributed by atoms with Crippen molar-refractivity contribution in [3.05, 3.63) is 64.7 Å². The molecule has 7 heteroatoms. The van der Waals surface area contributed by atoms with Crippen molar-refractivity contribution in [2.45, 2.75) is 78.2 Å². The number of nitrogens with one attached hydrogen (secondary N) is 1. The van der Waals surface area contributed by atoms with Gasteiger partial charge < -0.3 is 25.0 Å². The predicted octanol–water partition coefficient (Wildman–Crippen LogP) is 6.84. The molecule has 0 spiro atoms. The second-order valence-electron chi connectivity index (χ2n) is 12.1. The summed E-state index contributed by atoms with van der Waals surface area (Å²) in [5.74, 6) is 1.90. The molecule has 0 radical (unpaired) electrons. The average Bonchev–Trinajstić information content (AvgIpc) is 3.71. The first-order valence-electron chi connectivity index (χ1n) is 15.7. The van der Waals surface area contributed by atoms with Gasteiger partial charge in [-0.25, -0.2) is 4.79 Å². The number of hydrogen-bond donors (Lipinski definition) is 2. The van der Waals surface area contributed by atoms with Gasteiger partial charge in [-0.3, -0.25) is 4.79 Å². The van der Waals surface area contributed by atoms with Gasteiger partial charge in [0.1, 0.15) is 5.75 Å². The van der Waals surface area contributed by atoms with E-state index in [1.165, 1.54) is 32.1 Å². The molecule has 3 fully saturated rings. The number of carbonyl (C=O) groups is 2. The highest BCUT2D eigenvalue weighted by atomic mass is 16.5. The molecule has 5 rings (SSSR count). The van der Waals surface area contributed by atoms with Crippen LogP contribution in [0.25, 0.3) is 0 Å². The summed E-state index contributed by atoms with van der Waals surface area (Å²) >= 11 is 0. The van der Waals surface area contributed by atoms with Gasteiger partial charge in [0.15, 0.2) is 0 Å². The third-order valence-electron chi connectivity index (χ3n) is 8.82. The van der Waals surface area contributed by atoms with Gasteiger partial charge in [0.2, 0.25) is 0 Å². The van der Waals surface area contributed by atoms with Crippen LogP contribution in [0.2, 0.25) is 0 Å². The summed E-state index contributed by atoms with van der Waals surface area (Å²) in [6, 6.07) is 13.5. The molecular formula is C34H49N3O4. The van der Waals surface area contributed by atoms with Crippen LogP contribution in [0.4, 0.5) is 4.79 Å². The van der Waals surface area contributed by atoms with Gasteiger partial charge in [-0.05, 0) is 67.3 Å². The van der Waals surface area contributed by atoms with E-state index < -0.39 is 6.09 Å². The molecule has 2 saturated heterocycles. The van der Waals surface area contributed by atoms with Gasteiger partial charge in [-0.15, -0.1) is 0 Å². The first kappa shape index (κ1) is 30.9. The molecule has 7 nitrogen and oxygen atoms in total. The second-order valence-corrected chi connectivity index (χ2v) is 12.1. The third kappa shape index (κ3) is 8.71. The van der Waals surface area contributed by atoms with Gasteiger partial charge in [-0.2, -0.15) is 0 Å². The van der Waals surface area contributed by atoms with E-state index in [1.54, 1.807) is 0 Å². The number of ether oxygens (including phenoxy) is 1. The summed E-state index contributed by atoms with van der Waals surface area (Å²) in [5.41, 5.74) is 3.75. The average molecular weight is 564 g/mol. The standard InChI is InChI=1S/C29H39N3O4.C5H10/c1-4-5-13-36-25-14-20(2)27(21(3)15-25)28(33)32-18-23-16-31(17-24(23)19-32)12-11-26(30-29(34)35)22-9-7-6-8-10-22;1-2-4-5-3-1/h6-10,14-15,23-24,26,30H,4-5,11-13,16-19H2,1-3H3,(H,34,35);1-5H2/t23-,24?,26?;/m0./s1. The van der Waals surface area contributed by atoms with Crippen LogP contribution in [0.1, 0.15) is 91.4 Å². The Kier molecular flexibility index (Phi) is 11.5. The van der Waals surface area contributed by atoms with Crippen LogP contribution in [0.15, 0.2) is 42.5 Å². The highest BCUT2D eigenvalue weighted by Gasteiger charge is 2.42. The number of carbonyl (C=O) groups excluding carboxylic acids is 1. The normalized spacial score (nSPS) is 20.7. The zero-order valence-corrected chi connectivity index (χ0v) is 25.2. The topological polar surface area (TPSA) is 82.1 Å². The number of likely N-dealkylation sites (tertiary alicyclic amines) is 2. The number of amides is 2. The SMILES string of the molecule is C1CCCC1.CCCCOc1cc(C)c(C(=O)N2CC3CN(CCC(NC(=O)O)c4ccccc4)C[C@H]3C2)c(C)c1. The molecular weight excluding hydrogens is 514 g/mol. The molecule has 224 valence electrons. The van der Waals surface area contributed by atoms with Crippen molar-refractivity contribution in [3.8, 4) is 5.75 Å². The lowest BCUT2D eigenvalue weighted by molar-refractivity contribution is 0.0772. The maximum absolute atomic E-state index is 13.5. The minimum atomic E-state index is -0.998. The highest BCUT2D eigenvalue weighted by molar-refractivity contribution is 5.97. The van der Waals surface area contributed by atoms with E-state index in [9.17, 15) is 14.7 Å². The number of nitrogens with zero attached hydrogens (tertiary/aromatic N) is 2. The largest absolute Gasteiger partial charge is 0.494 e. The fourth-order valence-electron chi connectivity index (χ4n) is 6.63. The van der Waals surface area contributed by atoms with Crippen molar-refractivity contribution in [3.63, 3.8) is 0 Å². The smallest absolute Gasteiger partial charge is 0.405 e. The lowest BCUT2D eigenvalue weighted by Crippen LogP contribution is -2.35. The monoisotopic (exact) mass is 563 g/mol. The number of benzene rings is 2. The van der Waals surface area contributed by atoms with Gasteiger partial charge in [0.05, 0.1) is 12.6 Å². The number of fused-ring (bicyclic) bond motifs is 1.